The second-order valence-corrected chi connectivity index (χ2v) is 10.7. The van der Waals surface area contributed by atoms with Gasteiger partial charge in [0.25, 0.3) is 11.8 Å². The van der Waals surface area contributed by atoms with Crippen LogP contribution in [-0.4, -0.2) is 41.7 Å². The third-order valence-electron chi connectivity index (χ3n) is 4.94. The summed E-state index contributed by atoms with van der Waals surface area (Å²) in [6.07, 6.45) is 2.95. The average Bonchev–Trinajstić information content (AvgIpc) is 3.18. The Morgan fingerprint density at radius 3 is 1.42 bits per heavy atom. The monoisotopic (exact) mass is 458 g/mol. The first-order chi connectivity index (χ1) is 14.7. The summed E-state index contributed by atoms with van der Waals surface area (Å²) in [5, 5.41) is 5.04. The van der Waals surface area contributed by atoms with E-state index in [9.17, 15) is 26.4 Å². The second kappa shape index (κ2) is 7.78. The number of fused-ring (bicyclic) bond motifs is 2. The first-order valence-corrected chi connectivity index (χ1v) is 12.4. The molecule has 0 atom stereocenters. The van der Waals surface area contributed by atoms with Crippen molar-refractivity contribution >= 4 is 43.6 Å². The molecule has 10 heteroatoms. The van der Waals surface area contributed by atoms with Gasteiger partial charge >= 0.3 is 0 Å². The Bertz CT molecular complexity index is 1270. The van der Waals surface area contributed by atoms with Crippen LogP contribution in [0.1, 0.15) is 17.5 Å². The normalized spacial score (nSPS) is 17.2. The molecule has 2 N–H and O–H groups in total. The smallest absolute Gasteiger partial charge is 0.263 e. The second-order valence-electron chi connectivity index (χ2n) is 6.97. The molecule has 2 amide bonds. The molecule has 8 nitrogen and oxygen atoms in total. The number of rotatable bonds is 6. The molecule has 2 aliphatic heterocycles. The number of carbonyl (C=O) groups is 2. The van der Waals surface area contributed by atoms with Crippen LogP contribution in [0.3, 0.4) is 0 Å². The minimum atomic E-state index is -3.85. The van der Waals surface area contributed by atoms with Crippen LogP contribution in [-0.2, 0) is 29.3 Å². The van der Waals surface area contributed by atoms with Crippen LogP contribution in [0.15, 0.2) is 68.1 Å². The van der Waals surface area contributed by atoms with Gasteiger partial charge in [-0.25, -0.2) is 16.8 Å². The fourth-order valence-electron chi connectivity index (χ4n) is 3.41. The third-order valence-corrected chi connectivity index (χ3v) is 8.61. The zero-order valence-electron chi connectivity index (χ0n) is 16.2. The van der Waals surface area contributed by atoms with Crippen LogP contribution in [0.5, 0.6) is 0 Å². The summed E-state index contributed by atoms with van der Waals surface area (Å²) in [4.78, 5) is 24.2. The van der Waals surface area contributed by atoms with Gasteiger partial charge in [-0.1, -0.05) is 36.4 Å². The molecule has 0 radical (unpaired) electrons. The molecule has 0 unspecified atom stereocenters. The molecule has 31 heavy (non-hydrogen) atoms. The maximum Gasteiger partial charge on any atom is 0.263 e. The standard InChI is InChI=1S/C21H18N2O6S2/c24-20(18-12-14-6-1-3-8-16(14)30(18,26)27)22-10-5-11-23-21(25)19-13-15-7-2-4-9-17(15)31(19,28)29/h1-4,6-9,12-13H,5,10-11H2,(H,22,24)(H,23,25). The van der Waals surface area contributed by atoms with Gasteiger partial charge in [-0.05, 0) is 41.8 Å². The number of benzene rings is 2. The molecule has 0 saturated heterocycles. The van der Waals surface area contributed by atoms with Gasteiger partial charge in [-0.2, -0.15) is 0 Å². The van der Waals surface area contributed by atoms with E-state index >= 15 is 0 Å². The van der Waals surface area contributed by atoms with Crippen molar-refractivity contribution in [2.75, 3.05) is 13.1 Å². The van der Waals surface area contributed by atoms with Gasteiger partial charge in [-0.15, -0.1) is 0 Å². The molecule has 2 aliphatic rings. The Kier molecular flexibility index (Phi) is 5.28. The fourth-order valence-corrected chi connectivity index (χ4v) is 6.47. The molecule has 2 heterocycles. The summed E-state index contributed by atoms with van der Waals surface area (Å²) >= 11 is 0. The van der Waals surface area contributed by atoms with E-state index in [1.165, 1.54) is 24.3 Å². The Hall–Kier alpha value is -3.24. The third kappa shape index (κ3) is 3.68. The van der Waals surface area contributed by atoms with E-state index in [0.29, 0.717) is 11.1 Å². The van der Waals surface area contributed by atoms with Crippen LogP contribution < -0.4 is 10.6 Å². The van der Waals surface area contributed by atoms with Gasteiger partial charge in [0.1, 0.15) is 9.81 Å². The van der Waals surface area contributed by atoms with E-state index < -0.39 is 31.5 Å². The average molecular weight is 459 g/mol. The number of sulfone groups is 2. The first kappa shape index (κ1) is 21.0. The highest BCUT2D eigenvalue weighted by Gasteiger charge is 2.34. The number of carbonyl (C=O) groups excluding carboxylic acids is 2. The van der Waals surface area contributed by atoms with Gasteiger partial charge in [0.15, 0.2) is 0 Å². The zero-order valence-corrected chi connectivity index (χ0v) is 17.8. The minimum Gasteiger partial charge on any atom is -0.351 e. The van der Waals surface area contributed by atoms with Crippen molar-refractivity contribution in [3.63, 3.8) is 0 Å². The molecular weight excluding hydrogens is 440 g/mol. The summed E-state index contributed by atoms with van der Waals surface area (Å²) in [6.45, 7) is 0.211. The first-order valence-electron chi connectivity index (χ1n) is 9.41. The van der Waals surface area contributed by atoms with Gasteiger partial charge in [0, 0.05) is 13.1 Å². The molecule has 0 spiro atoms. The summed E-state index contributed by atoms with van der Waals surface area (Å²) in [7, 11) is -7.69. The van der Waals surface area contributed by atoms with E-state index in [1.807, 2.05) is 0 Å². The quantitative estimate of drug-likeness (QED) is 0.628. The van der Waals surface area contributed by atoms with Crippen molar-refractivity contribution in [3.05, 3.63) is 69.5 Å². The molecule has 4 rings (SSSR count). The van der Waals surface area contributed by atoms with E-state index in [0.717, 1.165) is 0 Å². The summed E-state index contributed by atoms with van der Waals surface area (Å²) in [5.41, 5.74) is 0.930. The summed E-state index contributed by atoms with van der Waals surface area (Å²) in [5.74, 6) is -1.45. The maximum atomic E-state index is 12.5. The van der Waals surface area contributed by atoms with E-state index in [2.05, 4.69) is 10.6 Å². The molecular formula is C21H18N2O6S2. The number of amides is 2. The van der Waals surface area contributed by atoms with Crippen molar-refractivity contribution in [2.45, 2.75) is 16.2 Å². The van der Waals surface area contributed by atoms with Crippen LogP contribution in [0.2, 0.25) is 0 Å². The van der Waals surface area contributed by atoms with Crippen molar-refractivity contribution < 1.29 is 26.4 Å². The molecule has 0 aliphatic carbocycles. The van der Waals surface area contributed by atoms with Crippen molar-refractivity contribution in [1.29, 1.82) is 0 Å². The highest BCUT2D eigenvalue weighted by Crippen LogP contribution is 2.33. The Morgan fingerprint density at radius 2 is 1.03 bits per heavy atom. The summed E-state index contributed by atoms with van der Waals surface area (Å²) < 4.78 is 49.8. The van der Waals surface area contributed by atoms with Gasteiger partial charge in [-0.3, -0.25) is 9.59 Å². The number of nitrogens with one attached hydrogen (secondary N) is 2. The van der Waals surface area contributed by atoms with E-state index in [-0.39, 0.29) is 39.1 Å². The maximum absolute atomic E-state index is 12.5. The number of hydrogen-bond donors (Lipinski definition) is 2. The predicted octanol–water partition coefficient (Wildman–Crippen LogP) is 1.27. The lowest BCUT2D eigenvalue weighted by molar-refractivity contribution is -0.117. The lowest BCUT2D eigenvalue weighted by atomic mass is 10.2. The Morgan fingerprint density at radius 1 is 0.645 bits per heavy atom. The molecule has 0 aromatic heterocycles. The zero-order chi connectivity index (χ0) is 22.2. The molecule has 0 bridgehead atoms. The number of hydrogen-bond acceptors (Lipinski definition) is 6. The van der Waals surface area contributed by atoms with E-state index in [1.54, 1.807) is 36.4 Å². The highest BCUT2D eigenvalue weighted by atomic mass is 32.2. The Labute approximate surface area is 179 Å². The molecule has 0 saturated carbocycles. The van der Waals surface area contributed by atoms with E-state index in [4.69, 9.17) is 0 Å². The van der Waals surface area contributed by atoms with Crippen LogP contribution >= 0.6 is 0 Å². The largest absolute Gasteiger partial charge is 0.351 e. The van der Waals surface area contributed by atoms with Crippen molar-refractivity contribution in [1.82, 2.24) is 10.6 Å². The van der Waals surface area contributed by atoms with Crippen molar-refractivity contribution in [2.24, 2.45) is 0 Å². The van der Waals surface area contributed by atoms with Crippen molar-refractivity contribution in [3.8, 4) is 0 Å². The topological polar surface area (TPSA) is 126 Å². The molecule has 2 aromatic carbocycles. The lowest BCUT2D eigenvalue weighted by Crippen LogP contribution is -2.32. The highest BCUT2D eigenvalue weighted by molar-refractivity contribution is 7.97. The van der Waals surface area contributed by atoms with Crippen LogP contribution in [0.25, 0.3) is 12.2 Å². The summed E-state index contributed by atoms with van der Waals surface area (Å²) in [6, 6.07) is 12.7. The lowest BCUT2D eigenvalue weighted by Gasteiger charge is -2.08. The minimum absolute atomic E-state index is 0.0967. The van der Waals surface area contributed by atoms with Gasteiger partial charge in [0.05, 0.1) is 9.79 Å². The molecule has 2 aromatic rings. The molecule has 0 fully saturated rings. The van der Waals surface area contributed by atoms with Gasteiger partial charge < -0.3 is 10.6 Å². The molecule has 160 valence electrons. The SMILES string of the molecule is O=C(NCCCNC(=O)C1=Cc2ccccc2S1(=O)=O)C1=Cc2ccccc2S1(=O)=O. The predicted molar refractivity (Wildman–Crippen MR) is 114 cm³/mol. The van der Waals surface area contributed by atoms with Crippen LogP contribution in [0.4, 0.5) is 0 Å². The fraction of sp³-hybridized carbons (Fsp3) is 0.143. The van der Waals surface area contributed by atoms with Gasteiger partial charge in [0.2, 0.25) is 19.7 Å². The Balaban J connectivity index is 1.29. The van der Waals surface area contributed by atoms with Crippen LogP contribution in [0, 0.1) is 0 Å².